The second-order valence-electron chi connectivity index (χ2n) is 12.8. The normalized spacial score (nSPS) is 13.8. The number of anilines is 1. The van der Waals surface area contributed by atoms with Crippen LogP contribution in [0, 0.1) is 0 Å². The van der Waals surface area contributed by atoms with Gasteiger partial charge in [-0.2, -0.15) is 0 Å². The van der Waals surface area contributed by atoms with Crippen LogP contribution in [-0.4, -0.2) is 72.2 Å². The maximum Gasteiger partial charge on any atom is 0.265 e. The van der Waals surface area contributed by atoms with E-state index in [-0.39, 0.29) is 47.0 Å². The molecule has 1 fully saturated rings. The van der Waals surface area contributed by atoms with Gasteiger partial charge in [-0.3, -0.25) is 13.9 Å². The lowest BCUT2D eigenvalue weighted by molar-refractivity contribution is -0.140. The number of benzene rings is 4. The third-order valence-electron chi connectivity index (χ3n) is 9.34. The summed E-state index contributed by atoms with van der Waals surface area (Å²) in [5.74, 6) is 0.0871. The van der Waals surface area contributed by atoms with Crippen molar-refractivity contribution in [1.29, 1.82) is 0 Å². The predicted molar refractivity (Wildman–Crippen MR) is 205 cm³/mol. The smallest absolute Gasteiger partial charge is 0.265 e. The molecule has 282 valence electrons. The van der Waals surface area contributed by atoms with E-state index in [4.69, 9.17) is 30.5 Å². The van der Waals surface area contributed by atoms with Crippen LogP contribution in [0.15, 0.2) is 95.9 Å². The van der Waals surface area contributed by atoms with Gasteiger partial charge in [0, 0.05) is 36.2 Å². The van der Waals surface area contributed by atoms with Gasteiger partial charge in [-0.1, -0.05) is 73.3 Å². The number of amides is 2. The summed E-state index contributed by atoms with van der Waals surface area (Å²) in [4.78, 5) is 30.7. The number of nitrogens with zero attached hydrogens (tertiary/aromatic N) is 2. The van der Waals surface area contributed by atoms with E-state index in [0.29, 0.717) is 22.1 Å². The molecule has 0 unspecified atom stereocenters. The van der Waals surface area contributed by atoms with Gasteiger partial charge in [-0.25, -0.2) is 8.42 Å². The van der Waals surface area contributed by atoms with Gasteiger partial charge in [0.15, 0.2) is 11.5 Å². The molecule has 11 nitrogen and oxygen atoms in total. The maximum atomic E-state index is 15.0. The van der Waals surface area contributed by atoms with Crippen LogP contribution in [0.5, 0.6) is 23.0 Å². The third kappa shape index (κ3) is 9.74. The molecule has 5 rings (SSSR count). The van der Waals surface area contributed by atoms with Crippen molar-refractivity contribution in [3.05, 3.63) is 107 Å². The fourth-order valence-corrected chi connectivity index (χ4v) is 8.18. The highest BCUT2D eigenvalue weighted by molar-refractivity contribution is 7.92. The van der Waals surface area contributed by atoms with Crippen LogP contribution in [-0.2, 0) is 32.6 Å². The summed E-state index contributed by atoms with van der Waals surface area (Å²) in [6.45, 7) is -0.711. The Morgan fingerprint density at radius 2 is 1.45 bits per heavy atom. The maximum absolute atomic E-state index is 15.0. The average Bonchev–Trinajstić information content (AvgIpc) is 3.18. The van der Waals surface area contributed by atoms with Gasteiger partial charge in [0.25, 0.3) is 10.0 Å². The fraction of sp³-hybridized carbons (Fsp3) is 0.350. The van der Waals surface area contributed by atoms with E-state index in [9.17, 15) is 18.0 Å². The molecule has 1 aliphatic carbocycles. The van der Waals surface area contributed by atoms with Crippen molar-refractivity contribution in [1.82, 2.24) is 10.2 Å². The topological polar surface area (TPSA) is 124 Å². The summed E-state index contributed by atoms with van der Waals surface area (Å²) in [6.07, 6.45) is 5.00. The number of hydrogen-bond acceptors (Lipinski definition) is 8. The predicted octanol–water partition coefficient (Wildman–Crippen LogP) is 6.66. The van der Waals surface area contributed by atoms with E-state index in [0.717, 1.165) is 42.0 Å². The summed E-state index contributed by atoms with van der Waals surface area (Å²) >= 11 is 6.39. The highest BCUT2D eigenvalue weighted by Crippen LogP contribution is 2.38. The molecule has 13 heteroatoms. The van der Waals surface area contributed by atoms with Crippen LogP contribution in [0.2, 0.25) is 5.02 Å². The first-order valence-electron chi connectivity index (χ1n) is 17.4. The molecule has 1 N–H and O–H groups in total. The van der Waals surface area contributed by atoms with Crippen molar-refractivity contribution in [2.45, 2.75) is 62.0 Å². The summed E-state index contributed by atoms with van der Waals surface area (Å²) in [7, 11) is 1.20. The number of methoxy groups -OCH3 is 4. The molecule has 0 aromatic heterocycles. The van der Waals surface area contributed by atoms with Gasteiger partial charge in [0.05, 0.1) is 39.0 Å². The van der Waals surface area contributed by atoms with Gasteiger partial charge in [-0.05, 0) is 60.4 Å². The minimum absolute atomic E-state index is 0.0194. The fourth-order valence-electron chi connectivity index (χ4n) is 6.54. The molecule has 2 amide bonds. The lowest BCUT2D eigenvalue weighted by atomic mass is 9.94. The standard InChI is InChI=1S/C40H46ClN3O8S/c1-49-32-18-20-36(50-2)34(24-32)44(53(47,48)33-19-21-37(51-3)38(25-33)52-4)27-39(45)43(26-29-14-11-15-30(41)22-29)35(23-28-12-7-5-8-13-28)40(46)42-31-16-9-6-10-17-31/h5,7-8,11-15,18-22,24-25,31,35H,6,9-10,16-17,23,26-27H2,1-4H3,(H,42,46)/t35-/m1/s1. The second kappa shape index (κ2) is 18.2. The Hall–Kier alpha value is -4.94. The van der Waals surface area contributed by atoms with Crippen LogP contribution in [0.25, 0.3) is 0 Å². The molecule has 1 saturated carbocycles. The van der Waals surface area contributed by atoms with E-state index >= 15 is 0 Å². The van der Waals surface area contributed by atoms with Gasteiger partial charge in [-0.15, -0.1) is 0 Å². The van der Waals surface area contributed by atoms with Crippen molar-refractivity contribution >= 4 is 39.1 Å². The number of hydrogen-bond donors (Lipinski definition) is 1. The van der Waals surface area contributed by atoms with E-state index in [1.165, 1.54) is 57.6 Å². The molecule has 4 aromatic carbocycles. The first kappa shape index (κ1) is 39.3. The molecule has 0 heterocycles. The van der Waals surface area contributed by atoms with Crippen LogP contribution in [0.4, 0.5) is 5.69 Å². The molecular weight excluding hydrogens is 718 g/mol. The monoisotopic (exact) mass is 763 g/mol. The van der Waals surface area contributed by atoms with Crippen molar-refractivity contribution in [3.63, 3.8) is 0 Å². The lowest BCUT2D eigenvalue weighted by Crippen LogP contribution is -2.55. The number of carbonyl (C=O) groups excluding carboxylic acids is 2. The Morgan fingerprint density at radius 1 is 0.774 bits per heavy atom. The van der Waals surface area contributed by atoms with Crippen molar-refractivity contribution in [2.24, 2.45) is 0 Å². The first-order valence-corrected chi connectivity index (χ1v) is 19.2. The molecule has 0 spiro atoms. The molecule has 0 aliphatic heterocycles. The molecule has 0 bridgehead atoms. The zero-order valence-corrected chi connectivity index (χ0v) is 32.0. The molecule has 4 aromatic rings. The Bertz CT molecular complexity index is 1970. The van der Waals surface area contributed by atoms with Crippen LogP contribution < -0.4 is 28.6 Å². The van der Waals surface area contributed by atoms with Crippen molar-refractivity contribution < 1.29 is 37.0 Å². The highest BCUT2D eigenvalue weighted by atomic mass is 35.5. The Morgan fingerprint density at radius 3 is 2.11 bits per heavy atom. The number of halogens is 1. The number of sulfonamides is 1. The summed E-state index contributed by atoms with van der Waals surface area (Å²) in [5.41, 5.74) is 1.57. The van der Waals surface area contributed by atoms with E-state index < -0.39 is 28.5 Å². The van der Waals surface area contributed by atoms with Gasteiger partial charge < -0.3 is 29.2 Å². The Kier molecular flexibility index (Phi) is 13.5. The molecule has 53 heavy (non-hydrogen) atoms. The van der Waals surface area contributed by atoms with Gasteiger partial charge >= 0.3 is 0 Å². The molecule has 1 atom stereocenters. The van der Waals surface area contributed by atoms with E-state index in [1.54, 1.807) is 30.3 Å². The lowest BCUT2D eigenvalue weighted by Gasteiger charge is -2.35. The summed E-state index contributed by atoms with van der Waals surface area (Å²) in [6, 6.07) is 24.3. The SMILES string of the molecule is COc1ccc(OC)c(N(CC(=O)N(Cc2cccc(Cl)c2)[C@H](Cc2ccccc2)C(=O)NC2CCCCC2)S(=O)(=O)c2ccc(OC)c(OC)c2)c1. The Labute approximate surface area is 316 Å². The van der Waals surface area contributed by atoms with Crippen molar-refractivity contribution in [3.8, 4) is 23.0 Å². The molecule has 1 aliphatic rings. The Balaban J connectivity index is 1.64. The van der Waals surface area contributed by atoms with Gasteiger partial charge in [0.1, 0.15) is 24.1 Å². The number of carbonyl (C=O) groups is 2. The molecular formula is C40H46ClN3O8S. The minimum Gasteiger partial charge on any atom is -0.497 e. The van der Waals surface area contributed by atoms with E-state index in [1.807, 2.05) is 36.4 Å². The van der Waals surface area contributed by atoms with Gasteiger partial charge in [0.2, 0.25) is 11.8 Å². The second-order valence-corrected chi connectivity index (χ2v) is 15.1. The van der Waals surface area contributed by atoms with E-state index in [2.05, 4.69) is 5.32 Å². The number of nitrogens with one attached hydrogen (secondary N) is 1. The first-order chi connectivity index (χ1) is 25.6. The molecule has 0 radical (unpaired) electrons. The largest absolute Gasteiger partial charge is 0.497 e. The van der Waals surface area contributed by atoms with Crippen LogP contribution >= 0.6 is 11.6 Å². The summed E-state index contributed by atoms with van der Waals surface area (Å²) < 4.78 is 52.4. The van der Waals surface area contributed by atoms with Crippen LogP contribution in [0.1, 0.15) is 43.2 Å². The zero-order chi connectivity index (χ0) is 38.0. The minimum atomic E-state index is -4.51. The number of rotatable bonds is 16. The zero-order valence-electron chi connectivity index (χ0n) is 30.4. The highest BCUT2D eigenvalue weighted by Gasteiger charge is 2.37. The number of ether oxygens (including phenoxy) is 4. The molecule has 0 saturated heterocycles. The van der Waals surface area contributed by atoms with Crippen LogP contribution in [0.3, 0.4) is 0 Å². The average molecular weight is 764 g/mol. The van der Waals surface area contributed by atoms with Crippen molar-refractivity contribution in [2.75, 3.05) is 39.3 Å². The summed E-state index contributed by atoms with van der Waals surface area (Å²) in [5, 5.41) is 3.67. The third-order valence-corrected chi connectivity index (χ3v) is 11.3. The quantitative estimate of drug-likeness (QED) is 0.135.